The fourth-order valence-electron chi connectivity index (χ4n) is 2.45. The predicted octanol–water partition coefficient (Wildman–Crippen LogP) is 1.63. The van der Waals surface area contributed by atoms with E-state index in [1.807, 2.05) is 0 Å². The van der Waals surface area contributed by atoms with Crippen LogP contribution in [0, 0.1) is 0 Å². The van der Waals surface area contributed by atoms with Crippen molar-refractivity contribution in [2.75, 3.05) is 5.32 Å². The van der Waals surface area contributed by atoms with E-state index in [9.17, 15) is 4.79 Å². The molecule has 0 bridgehead atoms. The standard InChI is InChI=1S/C11H13N7OS2/c12-4-13-10-17-15-8(20-10)6-1-2-7(3-6)9-16-18-11(21-9)14-5-19/h4-7H,1-3H2,(H2,12,13,17)(H,14,18,19)/t6-,7-/m1/s1. The number of anilines is 1. The van der Waals surface area contributed by atoms with Crippen molar-refractivity contribution in [1.29, 1.82) is 0 Å². The van der Waals surface area contributed by atoms with Gasteiger partial charge in [-0.15, -0.1) is 20.4 Å². The zero-order valence-corrected chi connectivity index (χ0v) is 12.6. The highest BCUT2D eigenvalue weighted by Crippen LogP contribution is 2.45. The Balaban J connectivity index is 1.67. The largest absolute Gasteiger partial charge is 0.390 e. The molecule has 2 aromatic heterocycles. The molecule has 2 atom stereocenters. The molecule has 1 fully saturated rings. The molecule has 2 heterocycles. The molecule has 8 nitrogen and oxygen atoms in total. The molecular weight excluding hydrogens is 310 g/mol. The summed E-state index contributed by atoms with van der Waals surface area (Å²) in [7, 11) is 0. The number of amides is 1. The van der Waals surface area contributed by atoms with E-state index in [-0.39, 0.29) is 0 Å². The number of nitrogens with one attached hydrogen (secondary N) is 1. The van der Waals surface area contributed by atoms with Crippen LogP contribution < -0.4 is 11.1 Å². The maximum absolute atomic E-state index is 10.4. The van der Waals surface area contributed by atoms with Crippen molar-refractivity contribution in [3.63, 3.8) is 0 Å². The van der Waals surface area contributed by atoms with Gasteiger partial charge in [-0.2, -0.15) is 0 Å². The fourth-order valence-corrected chi connectivity index (χ4v) is 4.14. The number of carbonyl (C=O) groups excluding carboxylic acids is 1. The number of hydrogen-bond acceptors (Lipinski definition) is 8. The van der Waals surface area contributed by atoms with Gasteiger partial charge in [-0.25, -0.2) is 4.99 Å². The average molecular weight is 323 g/mol. The van der Waals surface area contributed by atoms with Gasteiger partial charge in [0.2, 0.25) is 16.7 Å². The average Bonchev–Trinajstić information content (AvgIpc) is 3.18. The van der Waals surface area contributed by atoms with Crippen LogP contribution in [0.15, 0.2) is 4.99 Å². The third-order valence-corrected chi connectivity index (χ3v) is 5.38. The van der Waals surface area contributed by atoms with Crippen LogP contribution in [0.4, 0.5) is 10.3 Å². The van der Waals surface area contributed by atoms with E-state index in [0.29, 0.717) is 28.5 Å². The van der Waals surface area contributed by atoms with E-state index in [2.05, 4.69) is 30.7 Å². The Bertz CT molecular complexity index is 653. The highest BCUT2D eigenvalue weighted by atomic mass is 32.1. The quantitative estimate of drug-likeness (QED) is 0.490. The first kappa shape index (κ1) is 14.0. The van der Waals surface area contributed by atoms with Gasteiger partial charge >= 0.3 is 0 Å². The van der Waals surface area contributed by atoms with Gasteiger partial charge in [0.15, 0.2) is 0 Å². The van der Waals surface area contributed by atoms with Crippen LogP contribution >= 0.6 is 22.7 Å². The van der Waals surface area contributed by atoms with Crippen LogP contribution in [-0.2, 0) is 4.79 Å². The van der Waals surface area contributed by atoms with E-state index in [1.165, 1.54) is 29.0 Å². The SMILES string of the molecule is N/C=N\c1nnc([C@@H]2CC[C@@H](c3nnc(NC=O)s3)C2)s1. The minimum Gasteiger partial charge on any atom is -0.390 e. The highest BCUT2D eigenvalue weighted by molar-refractivity contribution is 7.15. The zero-order chi connectivity index (χ0) is 14.7. The van der Waals surface area contributed by atoms with Crippen LogP contribution in [0.1, 0.15) is 41.1 Å². The molecule has 1 aliphatic carbocycles. The molecular formula is C11H13N7OS2. The summed E-state index contributed by atoms with van der Waals surface area (Å²) in [6, 6.07) is 0. The van der Waals surface area contributed by atoms with Crippen LogP contribution in [0.25, 0.3) is 0 Å². The van der Waals surface area contributed by atoms with Gasteiger partial charge in [0, 0.05) is 11.8 Å². The lowest BCUT2D eigenvalue weighted by Crippen LogP contribution is -1.95. The number of nitrogens with two attached hydrogens (primary N) is 1. The smallest absolute Gasteiger partial charge is 0.233 e. The Hall–Kier alpha value is -1.94. The Morgan fingerprint density at radius 1 is 1.14 bits per heavy atom. The van der Waals surface area contributed by atoms with Crippen molar-refractivity contribution in [2.45, 2.75) is 31.1 Å². The summed E-state index contributed by atoms with van der Waals surface area (Å²) in [6.07, 6.45) is 4.89. The number of carbonyl (C=O) groups is 1. The summed E-state index contributed by atoms with van der Waals surface area (Å²) in [4.78, 5) is 14.3. The van der Waals surface area contributed by atoms with Gasteiger partial charge in [0.1, 0.15) is 10.0 Å². The van der Waals surface area contributed by atoms with Crippen molar-refractivity contribution in [3.8, 4) is 0 Å². The van der Waals surface area contributed by atoms with Crippen molar-refractivity contribution in [1.82, 2.24) is 20.4 Å². The number of hydrogen-bond donors (Lipinski definition) is 2. The first-order valence-electron chi connectivity index (χ1n) is 6.41. The molecule has 1 aliphatic rings. The van der Waals surface area contributed by atoms with Gasteiger partial charge in [0.25, 0.3) is 0 Å². The molecule has 0 aliphatic heterocycles. The Kier molecular flexibility index (Phi) is 4.15. The van der Waals surface area contributed by atoms with E-state index in [1.54, 1.807) is 0 Å². The Morgan fingerprint density at radius 2 is 1.86 bits per heavy atom. The van der Waals surface area contributed by atoms with Crippen LogP contribution in [0.3, 0.4) is 0 Å². The first-order valence-corrected chi connectivity index (χ1v) is 8.04. The van der Waals surface area contributed by atoms with E-state index in [4.69, 9.17) is 5.73 Å². The van der Waals surface area contributed by atoms with Gasteiger partial charge in [-0.05, 0) is 19.3 Å². The second-order valence-corrected chi connectivity index (χ2v) is 6.61. The monoisotopic (exact) mass is 323 g/mol. The predicted molar refractivity (Wildman–Crippen MR) is 81.2 cm³/mol. The summed E-state index contributed by atoms with van der Waals surface area (Å²) in [5.41, 5.74) is 5.25. The van der Waals surface area contributed by atoms with Crippen molar-refractivity contribution >= 4 is 45.7 Å². The summed E-state index contributed by atoms with van der Waals surface area (Å²) < 4.78 is 0. The molecule has 21 heavy (non-hydrogen) atoms. The Labute approximate surface area is 128 Å². The lowest BCUT2D eigenvalue weighted by atomic mass is 10.1. The molecule has 3 rings (SSSR count). The molecule has 0 spiro atoms. The van der Waals surface area contributed by atoms with Gasteiger partial charge < -0.3 is 11.1 Å². The molecule has 110 valence electrons. The summed E-state index contributed by atoms with van der Waals surface area (Å²) >= 11 is 2.90. The minimum atomic E-state index is 0.361. The van der Waals surface area contributed by atoms with Crippen LogP contribution in [0.5, 0.6) is 0 Å². The molecule has 1 amide bonds. The lowest BCUT2D eigenvalue weighted by Gasteiger charge is -2.04. The molecule has 3 N–H and O–H groups in total. The second-order valence-electron chi connectivity index (χ2n) is 4.62. The molecule has 2 aromatic rings. The summed E-state index contributed by atoms with van der Waals surface area (Å²) in [5, 5.41) is 21.9. The Morgan fingerprint density at radius 3 is 2.57 bits per heavy atom. The molecule has 10 heteroatoms. The lowest BCUT2D eigenvalue weighted by molar-refractivity contribution is -0.105. The maximum Gasteiger partial charge on any atom is 0.233 e. The maximum atomic E-state index is 10.4. The topological polar surface area (TPSA) is 119 Å². The fraction of sp³-hybridized carbons (Fsp3) is 0.455. The summed E-state index contributed by atoms with van der Waals surface area (Å²) in [5.74, 6) is 0.737. The first-order chi connectivity index (χ1) is 10.3. The van der Waals surface area contributed by atoms with Crippen molar-refractivity contribution in [3.05, 3.63) is 10.0 Å². The number of aliphatic imine (C=N–C) groups is 1. The minimum absolute atomic E-state index is 0.361. The molecule has 1 saturated carbocycles. The third kappa shape index (κ3) is 3.05. The zero-order valence-electron chi connectivity index (χ0n) is 11.0. The van der Waals surface area contributed by atoms with Crippen LogP contribution in [-0.4, -0.2) is 33.1 Å². The normalized spacial score (nSPS) is 21.9. The van der Waals surface area contributed by atoms with E-state index < -0.39 is 0 Å². The molecule has 0 unspecified atom stereocenters. The van der Waals surface area contributed by atoms with Crippen molar-refractivity contribution < 1.29 is 4.79 Å². The number of aromatic nitrogens is 4. The van der Waals surface area contributed by atoms with Crippen LogP contribution in [0.2, 0.25) is 0 Å². The van der Waals surface area contributed by atoms with Crippen molar-refractivity contribution in [2.24, 2.45) is 10.7 Å². The van der Waals surface area contributed by atoms with Gasteiger partial charge in [-0.1, -0.05) is 22.7 Å². The second kappa shape index (κ2) is 6.22. The van der Waals surface area contributed by atoms with E-state index >= 15 is 0 Å². The van der Waals surface area contributed by atoms with Gasteiger partial charge in [0.05, 0.1) is 6.34 Å². The number of nitrogens with zero attached hydrogens (tertiary/aromatic N) is 5. The highest BCUT2D eigenvalue weighted by Gasteiger charge is 2.31. The molecule has 0 saturated heterocycles. The molecule has 0 radical (unpaired) electrons. The molecule has 0 aromatic carbocycles. The third-order valence-electron chi connectivity index (χ3n) is 3.37. The van der Waals surface area contributed by atoms with E-state index in [0.717, 1.165) is 29.3 Å². The van der Waals surface area contributed by atoms with Gasteiger partial charge in [-0.3, -0.25) is 4.79 Å². The number of rotatable bonds is 5. The summed E-state index contributed by atoms with van der Waals surface area (Å²) in [6.45, 7) is 0.